The van der Waals surface area contributed by atoms with E-state index in [4.69, 9.17) is 4.74 Å². The number of nitrogens with one attached hydrogen (secondary N) is 1. The number of benzene rings is 1. The molecule has 0 spiro atoms. The minimum absolute atomic E-state index is 0.190. The summed E-state index contributed by atoms with van der Waals surface area (Å²) in [5.41, 5.74) is 2.04. The van der Waals surface area contributed by atoms with Crippen molar-refractivity contribution in [2.75, 3.05) is 13.1 Å². The van der Waals surface area contributed by atoms with Gasteiger partial charge in [-0.25, -0.2) is 4.98 Å². The van der Waals surface area contributed by atoms with Crippen LogP contribution in [0.3, 0.4) is 0 Å². The molecule has 6 heteroatoms. The first-order valence-corrected chi connectivity index (χ1v) is 8.35. The van der Waals surface area contributed by atoms with Gasteiger partial charge in [-0.2, -0.15) is 0 Å². The summed E-state index contributed by atoms with van der Waals surface area (Å²) in [6.07, 6.45) is 6.57. The summed E-state index contributed by atoms with van der Waals surface area (Å²) in [7, 11) is 0. The number of rotatable bonds is 6. The summed E-state index contributed by atoms with van der Waals surface area (Å²) < 4.78 is 5.86. The van der Waals surface area contributed by atoms with Crippen molar-refractivity contribution in [3.8, 4) is 5.75 Å². The number of aryl methyl sites for hydroxylation is 1. The summed E-state index contributed by atoms with van der Waals surface area (Å²) in [5.74, 6) is 0.442. The highest BCUT2D eigenvalue weighted by atomic mass is 16.5. The molecule has 0 bridgehead atoms. The number of phenols is 1. The van der Waals surface area contributed by atoms with Gasteiger partial charge in [0.05, 0.1) is 30.9 Å². The van der Waals surface area contributed by atoms with Gasteiger partial charge in [-0.15, -0.1) is 0 Å². The van der Waals surface area contributed by atoms with Crippen LogP contribution in [-0.4, -0.2) is 45.1 Å². The van der Waals surface area contributed by atoms with Gasteiger partial charge >= 0.3 is 0 Å². The lowest BCUT2D eigenvalue weighted by Gasteiger charge is -2.32. The Morgan fingerprint density at radius 2 is 2.04 bits per heavy atom. The number of nitrogens with zero attached hydrogens (tertiary/aromatic N) is 2. The quantitative estimate of drug-likeness (QED) is 0.852. The molecule has 2 N–H and O–H groups in total. The summed E-state index contributed by atoms with van der Waals surface area (Å²) in [6.45, 7) is 2.05. The van der Waals surface area contributed by atoms with Gasteiger partial charge in [0.2, 0.25) is 5.91 Å². The van der Waals surface area contributed by atoms with Crippen LogP contribution in [0.25, 0.3) is 0 Å². The van der Waals surface area contributed by atoms with Crippen molar-refractivity contribution < 1.29 is 14.6 Å². The molecular weight excluding hydrogens is 306 g/mol. The van der Waals surface area contributed by atoms with Crippen molar-refractivity contribution in [2.24, 2.45) is 0 Å². The molecule has 1 aliphatic rings. The maximum Gasteiger partial charge on any atom is 0.222 e. The van der Waals surface area contributed by atoms with Gasteiger partial charge in [0, 0.05) is 19.5 Å². The summed E-state index contributed by atoms with van der Waals surface area (Å²) in [5, 5.41) is 9.27. The van der Waals surface area contributed by atoms with Gasteiger partial charge in [-0.1, -0.05) is 12.1 Å². The van der Waals surface area contributed by atoms with Crippen LogP contribution in [-0.2, 0) is 22.6 Å². The number of H-pyrrole nitrogens is 1. The minimum atomic E-state index is 0.190. The van der Waals surface area contributed by atoms with Crippen LogP contribution in [0.15, 0.2) is 36.8 Å². The number of aromatic nitrogens is 2. The Labute approximate surface area is 141 Å². The second kappa shape index (κ2) is 7.97. The molecule has 128 valence electrons. The third-order valence-electron chi connectivity index (χ3n) is 4.39. The van der Waals surface area contributed by atoms with Crippen molar-refractivity contribution in [2.45, 2.75) is 38.4 Å². The van der Waals surface area contributed by atoms with Gasteiger partial charge in [0.25, 0.3) is 0 Å². The van der Waals surface area contributed by atoms with E-state index in [1.165, 1.54) is 0 Å². The average Bonchev–Trinajstić information content (AvgIpc) is 3.13. The second-order valence-corrected chi connectivity index (χ2v) is 6.13. The lowest BCUT2D eigenvalue weighted by atomic mass is 10.1. The average molecular weight is 329 g/mol. The Kier molecular flexibility index (Phi) is 5.48. The number of hydrogen-bond donors (Lipinski definition) is 2. The molecule has 2 heterocycles. The number of phenolic OH excluding ortho intramolecular Hbond substituents is 1. The van der Waals surface area contributed by atoms with E-state index in [9.17, 15) is 9.90 Å². The Morgan fingerprint density at radius 1 is 1.29 bits per heavy atom. The highest BCUT2D eigenvalue weighted by molar-refractivity contribution is 5.76. The van der Waals surface area contributed by atoms with Crippen molar-refractivity contribution in [3.63, 3.8) is 0 Å². The molecule has 6 nitrogen and oxygen atoms in total. The molecule has 3 rings (SSSR count). The largest absolute Gasteiger partial charge is 0.508 e. The molecule has 24 heavy (non-hydrogen) atoms. The molecule has 1 aliphatic heterocycles. The zero-order valence-electron chi connectivity index (χ0n) is 13.6. The second-order valence-electron chi connectivity index (χ2n) is 6.13. The monoisotopic (exact) mass is 329 g/mol. The van der Waals surface area contributed by atoms with E-state index in [1.54, 1.807) is 24.7 Å². The summed E-state index contributed by atoms with van der Waals surface area (Å²) in [6, 6.07) is 7.03. The number of piperidine rings is 1. The predicted octanol–water partition coefficient (Wildman–Crippen LogP) is 2.26. The van der Waals surface area contributed by atoms with Crippen molar-refractivity contribution >= 4 is 5.91 Å². The minimum Gasteiger partial charge on any atom is -0.508 e. The maximum absolute atomic E-state index is 12.3. The molecular formula is C18H23N3O3. The normalized spacial score (nSPS) is 15.6. The number of hydrogen-bond acceptors (Lipinski definition) is 4. The number of carbonyl (C=O) groups excluding carboxylic acids is 1. The lowest BCUT2D eigenvalue weighted by molar-refractivity contribution is -0.134. The van der Waals surface area contributed by atoms with Crippen LogP contribution in [0.1, 0.15) is 30.5 Å². The van der Waals surface area contributed by atoms with E-state index in [0.717, 1.165) is 37.2 Å². The molecule has 0 radical (unpaired) electrons. The van der Waals surface area contributed by atoms with Crippen molar-refractivity contribution in [1.29, 1.82) is 0 Å². The maximum atomic E-state index is 12.3. The van der Waals surface area contributed by atoms with E-state index in [0.29, 0.717) is 19.4 Å². The number of ether oxygens (including phenoxy) is 1. The first kappa shape index (κ1) is 16.5. The number of amides is 1. The molecule has 1 aromatic carbocycles. The van der Waals surface area contributed by atoms with Crippen molar-refractivity contribution in [1.82, 2.24) is 14.9 Å². The Bertz CT molecular complexity index is 632. The number of likely N-dealkylation sites (tertiary alicyclic amines) is 1. The Balaban J connectivity index is 1.37. The smallest absolute Gasteiger partial charge is 0.222 e. The van der Waals surface area contributed by atoms with Gasteiger partial charge in [-0.05, 0) is 37.0 Å². The molecule has 0 unspecified atom stereocenters. The van der Waals surface area contributed by atoms with Crippen LogP contribution in [0.2, 0.25) is 0 Å². The topological polar surface area (TPSA) is 78.4 Å². The van der Waals surface area contributed by atoms with E-state index in [1.807, 2.05) is 17.0 Å². The molecule has 1 saturated heterocycles. The molecule has 0 atom stereocenters. The fraction of sp³-hybridized carbons (Fsp3) is 0.444. The fourth-order valence-corrected chi connectivity index (χ4v) is 2.92. The first-order chi connectivity index (χ1) is 11.7. The molecule has 1 fully saturated rings. The van der Waals surface area contributed by atoms with Crippen LogP contribution in [0.5, 0.6) is 5.75 Å². The highest BCUT2D eigenvalue weighted by Crippen LogP contribution is 2.17. The van der Waals surface area contributed by atoms with Gasteiger partial charge in [-0.3, -0.25) is 4.79 Å². The molecule has 2 aromatic rings. The van der Waals surface area contributed by atoms with E-state index < -0.39 is 0 Å². The molecule has 1 amide bonds. The number of imidazole rings is 1. The first-order valence-electron chi connectivity index (χ1n) is 8.35. The van der Waals surface area contributed by atoms with Gasteiger partial charge in [0.15, 0.2) is 0 Å². The third kappa shape index (κ3) is 4.58. The van der Waals surface area contributed by atoms with E-state index in [-0.39, 0.29) is 17.8 Å². The predicted molar refractivity (Wildman–Crippen MR) is 89.4 cm³/mol. The van der Waals surface area contributed by atoms with Crippen LogP contribution in [0.4, 0.5) is 0 Å². The Morgan fingerprint density at radius 3 is 2.71 bits per heavy atom. The number of aromatic hydroxyl groups is 1. The summed E-state index contributed by atoms with van der Waals surface area (Å²) in [4.78, 5) is 21.2. The lowest BCUT2D eigenvalue weighted by Crippen LogP contribution is -2.40. The van der Waals surface area contributed by atoms with E-state index >= 15 is 0 Å². The zero-order valence-corrected chi connectivity index (χ0v) is 13.6. The zero-order chi connectivity index (χ0) is 16.8. The van der Waals surface area contributed by atoms with Gasteiger partial charge in [0.1, 0.15) is 5.75 Å². The fourth-order valence-electron chi connectivity index (χ4n) is 2.92. The Hall–Kier alpha value is -2.34. The van der Waals surface area contributed by atoms with E-state index in [2.05, 4.69) is 9.97 Å². The van der Waals surface area contributed by atoms with Crippen LogP contribution < -0.4 is 0 Å². The van der Waals surface area contributed by atoms with Crippen LogP contribution in [0, 0.1) is 0 Å². The SMILES string of the molecule is O=C(CCc1ccc(O)cc1)N1CCC(OCc2cnc[nH]2)CC1. The van der Waals surface area contributed by atoms with Gasteiger partial charge < -0.3 is 19.7 Å². The third-order valence-corrected chi connectivity index (χ3v) is 4.39. The number of aromatic amines is 1. The number of carbonyl (C=O) groups is 1. The molecule has 1 aromatic heterocycles. The standard InChI is InChI=1S/C18H23N3O3/c22-16-4-1-14(2-5-16)3-6-18(23)21-9-7-17(8-10-21)24-12-15-11-19-13-20-15/h1-2,4-5,11,13,17,22H,3,6-10,12H2,(H,19,20). The van der Waals surface area contributed by atoms with Crippen molar-refractivity contribution in [3.05, 3.63) is 48.0 Å². The summed E-state index contributed by atoms with van der Waals surface area (Å²) >= 11 is 0. The highest BCUT2D eigenvalue weighted by Gasteiger charge is 2.23. The van der Waals surface area contributed by atoms with Crippen LogP contribution >= 0.6 is 0 Å². The molecule has 0 saturated carbocycles. The molecule has 0 aliphatic carbocycles.